The van der Waals surface area contributed by atoms with Gasteiger partial charge in [0.05, 0.1) is 6.10 Å². The molecule has 0 heterocycles. The number of hydrogen-bond acceptors (Lipinski definition) is 2. The van der Waals surface area contributed by atoms with Gasteiger partial charge in [0.2, 0.25) is 0 Å². The number of rotatable bonds is 7. The van der Waals surface area contributed by atoms with Crippen molar-refractivity contribution in [2.75, 3.05) is 13.7 Å². The molecular formula is C15H31NO. The third-order valence-electron chi connectivity index (χ3n) is 4.26. The van der Waals surface area contributed by atoms with Crippen molar-refractivity contribution in [3.8, 4) is 0 Å². The highest BCUT2D eigenvalue weighted by atomic mass is 16.5. The Morgan fingerprint density at radius 1 is 1.18 bits per heavy atom. The third kappa shape index (κ3) is 4.59. The molecule has 0 amide bonds. The third-order valence-corrected chi connectivity index (χ3v) is 4.26. The van der Waals surface area contributed by atoms with E-state index in [9.17, 15) is 0 Å². The second kappa shape index (κ2) is 8.10. The topological polar surface area (TPSA) is 21.3 Å². The van der Waals surface area contributed by atoms with Gasteiger partial charge in [-0.15, -0.1) is 0 Å². The predicted molar refractivity (Wildman–Crippen MR) is 74.3 cm³/mol. The molecule has 0 saturated heterocycles. The molecule has 1 N–H and O–H groups in total. The molecule has 2 atom stereocenters. The smallest absolute Gasteiger partial charge is 0.0730 e. The quantitative estimate of drug-likeness (QED) is 0.735. The van der Waals surface area contributed by atoms with Gasteiger partial charge >= 0.3 is 0 Å². The van der Waals surface area contributed by atoms with E-state index in [4.69, 9.17) is 4.74 Å². The fourth-order valence-electron chi connectivity index (χ4n) is 3.24. The van der Waals surface area contributed by atoms with Crippen molar-refractivity contribution < 1.29 is 4.74 Å². The second-order valence-corrected chi connectivity index (χ2v) is 5.62. The number of nitrogens with one attached hydrogen (secondary N) is 1. The first-order valence-electron chi connectivity index (χ1n) is 7.51. The van der Waals surface area contributed by atoms with Crippen LogP contribution in [0.25, 0.3) is 0 Å². The average molecular weight is 241 g/mol. The van der Waals surface area contributed by atoms with E-state index in [1.54, 1.807) is 0 Å². The summed E-state index contributed by atoms with van der Waals surface area (Å²) in [7, 11) is 2.10. The summed E-state index contributed by atoms with van der Waals surface area (Å²) in [5.74, 6) is 1.75. The van der Waals surface area contributed by atoms with Crippen LogP contribution < -0.4 is 5.32 Å². The molecule has 0 aromatic carbocycles. The molecule has 102 valence electrons. The Morgan fingerprint density at radius 2 is 1.82 bits per heavy atom. The van der Waals surface area contributed by atoms with Crippen LogP contribution in [-0.2, 0) is 4.74 Å². The zero-order valence-electron chi connectivity index (χ0n) is 12.2. The van der Waals surface area contributed by atoms with E-state index >= 15 is 0 Å². The first kappa shape index (κ1) is 15.0. The Bertz CT molecular complexity index is 181. The normalized spacial score (nSPS) is 28.9. The first-order chi connectivity index (χ1) is 8.22. The minimum atomic E-state index is 0.411. The Labute approximate surface area is 108 Å². The summed E-state index contributed by atoms with van der Waals surface area (Å²) in [6, 6.07) is 0.558. The molecule has 0 aromatic rings. The fourth-order valence-corrected chi connectivity index (χ4v) is 3.24. The molecule has 0 bridgehead atoms. The van der Waals surface area contributed by atoms with Gasteiger partial charge in [-0.25, -0.2) is 0 Å². The Balaban J connectivity index is 2.54. The van der Waals surface area contributed by atoms with E-state index in [1.165, 1.54) is 38.5 Å². The Kier molecular flexibility index (Phi) is 7.14. The molecular weight excluding hydrogens is 210 g/mol. The van der Waals surface area contributed by atoms with Gasteiger partial charge in [-0.1, -0.05) is 33.1 Å². The van der Waals surface area contributed by atoms with E-state index in [0.717, 1.165) is 18.4 Å². The molecule has 1 fully saturated rings. The highest BCUT2D eigenvalue weighted by molar-refractivity contribution is 4.86. The van der Waals surface area contributed by atoms with E-state index in [-0.39, 0.29) is 0 Å². The van der Waals surface area contributed by atoms with E-state index in [0.29, 0.717) is 12.1 Å². The maximum absolute atomic E-state index is 5.95. The maximum Gasteiger partial charge on any atom is 0.0730 e. The molecule has 2 heteroatoms. The van der Waals surface area contributed by atoms with Crippen LogP contribution in [0.4, 0.5) is 0 Å². The molecule has 1 aliphatic carbocycles. The molecule has 1 aliphatic rings. The largest absolute Gasteiger partial charge is 0.377 e. The van der Waals surface area contributed by atoms with Crippen molar-refractivity contribution in [3.63, 3.8) is 0 Å². The summed E-state index contributed by atoms with van der Waals surface area (Å²) >= 11 is 0. The second-order valence-electron chi connectivity index (χ2n) is 5.62. The highest BCUT2D eigenvalue weighted by Gasteiger charge is 2.30. The molecule has 1 rings (SSSR count). The summed E-state index contributed by atoms with van der Waals surface area (Å²) < 4.78 is 5.95. The summed E-state index contributed by atoms with van der Waals surface area (Å²) in [4.78, 5) is 0. The van der Waals surface area contributed by atoms with Gasteiger partial charge in [-0.3, -0.25) is 0 Å². The zero-order chi connectivity index (χ0) is 12.7. The standard InChI is InChI=1S/C15H31NO/c1-5-7-14(17-6-2)15(16-4)13-10-8-12(3)9-11-13/h12-16H,5-11H2,1-4H3. The fraction of sp³-hybridized carbons (Fsp3) is 1.00. The van der Waals surface area contributed by atoms with Crippen molar-refractivity contribution >= 4 is 0 Å². The van der Waals surface area contributed by atoms with E-state index in [1.807, 2.05) is 0 Å². The van der Waals surface area contributed by atoms with Gasteiger partial charge in [-0.05, 0) is 45.1 Å². The van der Waals surface area contributed by atoms with Gasteiger partial charge < -0.3 is 10.1 Å². The Hall–Kier alpha value is -0.0800. The molecule has 0 radical (unpaired) electrons. The van der Waals surface area contributed by atoms with E-state index in [2.05, 4.69) is 33.1 Å². The monoisotopic (exact) mass is 241 g/mol. The highest BCUT2D eigenvalue weighted by Crippen LogP contribution is 2.32. The van der Waals surface area contributed by atoms with Crippen LogP contribution in [0.5, 0.6) is 0 Å². The van der Waals surface area contributed by atoms with Gasteiger partial charge in [0, 0.05) is 12.6 Å². The molecule has 1 saturated carbocycles. The van der Waals surface area contributed by atoms with Gasteiger partial charge in [0.25, 0.3) is 0 Å². The number of hydrogen-bond donors (Lipinski definition) is 1. The molecule has 0 aliphatic heterocycles. The number of ether oxygens (including phenoxy) is 1. The van der Waals surface area contributed by atoms with Crippen LogP contribution in [-0.4, -0.2) is 25.8 Å². The zero-order valence-corrected chi connectivity index (χ0v) is 12.2. The lowest BCUT2D eigenvalue weighted by atomic mass is 9.77. The van der Waals surface area contributed by atoms with Crippen molar-refractivity contribution in [1.29, 1.82) is 0 Å². The summed E-state index contributed by atoms with van der Waals surface area (Å²) in [6.07, 6.45) is 8.35. The van der Waals surface area contributed by atoms with Crippen molar-refractivity contribution in [1.82, 2.24) is 5.32 Å². The SMILES string of the molecule is CCCC(OCC)C(NC)C1CCC(C)CC1. The van der Waals surface area contributed by atoms with Crippen molar-refractivity contribution in [3.05, 3.63) is 0 Å². The van der Waals surface area contributed by atoms with Crippen molar-refractivity contribution in [2.45, 2.75) is 71.4 Å². The van der Waals surface area contributed by atoms with Gasteiger partial charge in [-0.2, -0.15) is 0 Å². The molecule has 2 unspecified atom stereocenters. The minimum Gasteiger partial charge on any atom is -0.377 e. The lowest BCUT2D eigenvalue weighted by Crippen LogP contribution is -2.46. The summed E-state index contributed by atoms with van der Waals surface area (Å²) in [5.41, 5.74) is 0. The van der Waals surface area contributed by atoms with Crippen LogP contribution in [0.3, 0.4) is 0 Å². The van der Waals surface area contributed by atoms with Crippen LogP contribution in [0.2, 0.25) is 0 Å². The molecule has 2 nitrogen and oxygen atoms in total. The van der Waals surface area contributed by atoms with Gasteiger partial charge in [0.1, 0.15) is 0 Å². The minimum absolute atomic E-state index is 0.411. The van der Waals surface area contributed by atoms with Crippen LogP contribution in [0, 0.1) is 11.8 Å². The van der Waals surface area contributed by atoms with Crippen molar-refractivity contribution in [2.24, 2.45) is 11.8 Å². The molecule has 0 aromatic heterocycles. The maximum atomic E-state index is 5.95. The summed E-state index contributed by atoms with van der Waals surface area (Å²) in [6.45, 7) is 7.59. The average Bonchev–Trinajstić information content (AvgIpc) is 2.33. The lowest BCUT2D eigenvalue weighted by molar-refractivity contribution is 0.00614. The lowest BCUT2D eigenvalue weighted by Gasteiger charge is -2.37. The van der Waals surface area contributed by atoms with Crippen LogP contribution in [0.1, 0.15) is 59.3 Å². The summed E-state index contributed by atoms with van der Waals surface area (Å²) in [5, 5.41) is 3.53. The first-order valence-corrected chi connectivity index (χ1v) is 7.51. The Morgan fingerprint density at radius 3 is 2.29 bits per heavy atom. The van der Waals surface area contributed by atoms with E-state index < -0.39 is 0 Å². The van der Waals surface area contributed by atoms with Gasteiger partial charge in [0.15, 0.2) is 0 Å². The number of likely N-dealkylation sites (N-methyl/N-ethyl adjacent to an activating group) is 1. The molecule has 0 spiro atoms. The predicted octanol–water partition coefficient (Wildman–Crippen LogP) is 3.61. The molecule has 17 heavy (non-hydrogen) atoms. The van der Waals surface area contributed by atoms with Crippen LogP contribution >= 0.6 is 0 Å². The van der Waals surface area contributed by atoms with Crippen LogP contribution in [0.15, 0.2) is 0 Å².